The quantitative estimate of drug-likeness (QED) is 0.890. The lowest BCUT2D eigenvalue weighted by molar-refractivity contribution is -0.116. The maximum absolute atomic E-state index is 11.7. The molecule has 0 saturated heterocycles. The number of carbonyl (C=O) groups is 1. The van der Waals surface area contributed by atoms with E-state index in [0.717, 1.165) is 11.4 Å². The van der Waals surface area contributed by atoms with E-state index in [1.165, 1.54) is 0 Å². The maximum atomic E-state index is 11.7. The van der Waals surface area contributed by atoms with Crippen LogP contribution in [0.25, 0.3) is 0 Å². The Hall–Kier alpha value is -2.37. The Labute approximate surface area is 110 Å². The molecule has 0 aliphatic heterocycles. The van der Waals surface area contributed by atoms with Gasteiger partial charge in [0.15, 0.2) is 5.82 Å². The molecule has 0 radical (unpaired) electrons. The van der Waals surface area contributed by atoms with E-state index < -0.39 is 0 Å². The van der Waals surface area contributed by atoms with Crippen molar-refractivity contribution in [1.29, 1.82) is 0 Å². The zero-order valence-electron chi connectivity index (χ0n) is 10.8. The molecule has 2 aromatic rings. The highest BCUT2D eigenvalue weighted by Gasteiger charge is 2.07. The highest BCUT2D eigenvalue weighted by molar-refractivity contribution is 5.90. The van der Waals surface area contributed by atoms with Crippen molar-refractivity contribution in [1.82, 2.24) is 10.1 Å². The van der Waals surface area contributed by atoms with E-state index in [0.29, 0.717) is 24.6 Å². The van der Waals surface area contributed by atoms with Gasteiger partial charge in [-0.05, 0) is 31.2 Å². The number of benzene rings is 1. The third-order valence-corrected chi connectivity index (χ3v) is 2.51. The van der Waals surface area contributed by atoms with Crippen molar-refractivity contribution in [2.45, 2.75) is 19.8 Å². The summed E-state index contributed by atoms with van der Waals surface area (Å²) in [5.41, 5.74) is 0.729. The fourth-order valence-electron chi connectivity index (χ4n) is 1.56. The average Bonchev–Trinajstić information content (AvgIpc) is 2.83. The van der Waals surface area contributed by atoms with E-state index in [-0.39, 0.29) is 5.91 Å². The fourth-order valence-corrected chi connectivity index (χ4v) is 1.56. The Kier molecular flexibility index (Phi) is 4.12. The molecule has 1 aromatic carbocycles. The predicted molar refractivity (Wildman–Crippen MR) is 69.0 cm³/mol. The number of rotatable bonds is 5. The average molecular weight is 261 g/mol. The second-order valence-electron chi connectivity index (χ2n) is 4.01. The fraction of sp³-hybridized carbons (Fsp3) is 0.308. The smallest absolute Gasteiger partial charge is 0.227 e. The van der Waals surface area contributed by atoms with Gasteiger partial charge >= 0.3 is 0 Å². The molecule has 6 nitrogen and oxygen atoms in total. The van der Waals surface area contributed by atoms with Gasteiger partial charge in [0, 0.05) is 18.5 Å². The highest BCUT2D eigenvalue weighted by Crippen LogP contribution is 2.15. The molecular weight excluding hydrogens is 246 g/mol. The molecule has 0 bridgehead atoms. The van der Waals surface area contributed by atoms with Crippen LogP contribution in [-0.4, -0.2) is 23.2 Å². The molecule has 0 atom stereocenters. The molecule has 0 unspecified atom stereocenters. The lowest BCUT2D eigenvalue weighted by Gasteiger charge is -2.05. The van der Waals surface area contributed by atoms with E-state index in [4.69, 9.17) is 9.26 Å². The van der Waals surface area contributed by atoms with Crippen LogP contribution in [0.1, 0.15) is 18.1 Å². The number of aromatic nitrogens is 2. The Morgan fingerprint density at radius 2 is 2.11 bits per heavy atom. The standard InChI is InChI=1S/C13H15N3O3/c1-9-14-13(19-16-9)8-7-12(17)15-10-3-5-11(18-2)6-4-10/h3-6H,7-8H2,1-2H3,(H,15,17). The lowest BCUT2D eigenvalue weighted by Crippen LogP contribution is -2.12. The van der Waals surface area contributed by atoms with Crippen LogP contribution < -0.4 is 10.1 Å². The van der Waals surface area contributed by atoms with Gasteiger partial charge in [-0.15, -0.1) is 0 Å². The summed E-state index contributed by atoms with van der Waals surface area (Å²) in [6, 6.07) is 7.15. The molecule has 1 heterocycles. The first kappa shape index (κ1) is 13.1. The Morgan fingerprint density at radius 1 is 1.37 bits per heavy atom. The Balaban J connectivity index is 1.83. The summed E-state index contributed by atoms with van der Waals surface area (Å²) in [7, 11) is 1.60. The first-order valence-electron chi connectivity index (χ1n) is 5.90. The van der Waals surface area contributed by atoms with Gasteiger partial charge < -0.3 is 14.6 Å². The van der Waals surface area contributed by atoms with Crippen molar-refractivity contribution in [3.8, 4) is 5.75 Å². The van der Waals surface area contributed by atoms with Gasteiger partial charge in [-0.3, -0.25) is 4.79 Å². The SMILES string of the molecule is COc1ccc(NC(=O)CCc2nc(C)no2)cc1. The normalized spacial score (nSPS) is 10.2. The number of ether oxygens (including phenoxy) is 1. The van der Waals surface area contributed by atoms with Gasteiger partial charge in [0.05, 0.1) is 7.11 Å². The molecule has 100 valence electrons. The molecule has 0 aliphatic carbocycles. The second-order valence-corrected chi connectivity index (χ2v) is 4.01. The van der Waals surface area contributed by atoms with Crippen LogP contribution in [0.5, 0.6) is 5.75 Å². The Bertz CT molecular complexity index is 549. The third kappa shape index (κ3) is 3.80. The van der Waals surface area contributed by atoms with Crippen molar-refractivity contribution in [3.63, 3.8) is 0 Å². The van der Waals surface area contributed by atoms with E-state index in [9.17, 15) is 4.79 Å². The summed E-state index contributed by atoms with van der Waals surface area (Å²) in [5, 5.41) is 6.45. The van der Waals surface area contributed by atoms with E-state index in [1.807, 2.05) is 0 Å². The minimum atomic E-state index is -0.0963. The molecule has 0 spiro atoms. The molecule has 1 amide bonds. The molecule has 1 N–H and O–H groups in total. The zero-order valence-corrected chi connectivity index (χ0v) is 10.8. The van der Waals surface area contributed by atoms with Crippen LogP contribution in [0.4, 0.5) is 5.69 Å². The van der Waals surface area contributed by atoms with Gasteiger partial charge in [0.1, 0.15) is 5.75 Å². The molecule has 6 heteroatoms. The summed E-state index contributed by atoms with van der Waals surface area (Å²) in [4.78, 5) is 15.8. The number of hydrogen-bond donors (Lipinski definition) is 1. The topological polar surface area (TPSA) is 77.2 Å². The molecule has 2 rings (SSSR count). The molecular formula is C13H15N3O3. The number of nitrogens with zero attached hydrogens (tertiary/aromatic N) is 2. The molecule has 0 fully saturated rings. The van der Waals surface area contributed by atoms with Crippen LogP contribution in [0, 0.1) is 6.92 Å². The summed E-state index contributed by atoms with van der Waals surface area (Å²) in [6.45, 7) is 1.74. The van der Waals surface area contributed by atoms with Crippen molar-refractivity contribution in [2.24, 2.45) is 0 Å². The van der Waals surface area contributed by atoms with Gasteiger partial charge in [-0.2, -0.15) is 4.98 Å². The van der Waals surface area contributed by atoms with E-state index in [2.05, 4.69) is 15.5 Å². The summed E-state index contributed by atoms with van der Waals surface area (Å²) >= 11 is 0. The number of carbonyl (C=O) groups excluding carboxylic acids is 1. The van der Waals surface area contributed by atoms with Crippen molar-refractivity contribution in [3.05, 3.63) is 36.0 Å². The summed E-state index contributed by atoms with van der Waals surface area (Å²) in [5.74, 6) is 1.70. The predicted octanol–water partition coefficient (Wildman–Crippen LogP) is 1.96. The molecule has 0 aliphatic rings. The number of amides is 1. The van der Waals surface area contributed by atoms with Crippen LogP contribution in [0.15, 0.2) is 28.8 Å². The first-order valence-corrected chi connectivity index (χ1v) is 5.90. The van der Waals surface area contributed by atoms with Crippen molar-refractivity contribution < 1.29 is 14.1 Å². The van der Waals surface area contributed by atoms with Crippen LogP contribution in [0.3, 0.4) is 0 Å². The van der Waals surface area contributed by atoms with Crippen LogP contribution in [-0.2, 0) is 11.2 Å². The largest absolute Gasteiger partial charge is 0.497 e. The number of aryl methyl sites for hydroxylation is 2. The first-order chi connectivity index (χ1) is 9.17. The van der Waals surface area contributed by atoms with Gasteiger partial charge in [0.2, 0.25) is 11.8 Å². The number of hydrogen-bond acceptors (Lipinski definition) is 5. The number of nitrogens with one attached hydrogen (secondary N) is 1. The van der Waals surface area contributed by atoms with E-state index >= 15 is 0 Å². The van der Waals surface area contributed by atoms with E-state index in [1.54, 1.807) is 38.3 Å². The van der Waals surface area contributed by atoms with Crippen molar-refractivity contribution >= 4 is 11.6 Å². The minimum absolute atomic E-state index is 0.0963. The van der Waals surface area contributed by atoms with Crippen LogP contribution in [0.2, 0.25) is 0 Å². The summed E-state index contributed by atoms with van der Waals surface area (Å²) in [6.07, 6.45) is 0.733. The van der Waals surface area contributed by atoms with Gasteiger partial charge in [-0.1, -0.05) is 5.16 Å². The number of methoxy groups -OCH3 is 1. The second kappa shape index (κ2) is 5.99. The van der Waals surface area contributed by atoms with Gasteiger partial charge in [0.25, 0.3) is 0 Å². The van der Waals surface area contributed by atoms with Gasteiger partial charge in [-0.25, -0.2) is 0 Å². The summed E-state index contributed by atoms with van der Waals surface area (Å²) < 4.78 is 9.98. The lowest BCUT2D eigenvalue weighted by atomic mass is 10.2. The minimum Gasteiger partial charge on any atom is -0.497 e. The zero-order chi connectivity index (χ0) is 13.7. The maximum Gasteiger partial charge on any atom is 0.227 e. The molecule has 1 aromatic heterocycles. The number of anilines is 1. The highest BCUT2D eigenvalue weighted by atomic mass is 16.5. The van der Waals surface area contributed by atoms with Crippen molar-refractivity contribution in [2.75, 3.05) is 12.4 Å². The monoisotopic (exact) mass is 261 g/mol. The Morgan fingerprint density at radius 3 is 2.68 bits per heavy atom. The molecule has 19 heavy (non-hydrogen) atoms. The van der Waals surface area contributed by atoms with Crippen LogP contribution >= 0.6 is 0 Å². The molecule has 0 saturated carbocycles. The third-order valence-electron chi connectivity index (χ3n) is 2.51.